The molecule has 2 N–H and O–H groups in total. The number of ketones is 1. The van der Waals surface area contributed by atoms with Crippen LogP contribution in [0.15, 0.2) is 84.9 Å². The van der Waals surface area contributed by atoms with Gasteiger partial charge in [0.05, 0.1) is 0 Å². The third kappa shape index (κ3) is 4.36. The molecule has 0 bridgehead atoms. The number of Topliss-reactive ketones (excluding diaryl/α,β-unsaturated/α-hetero) is 1. The normalized spacial score (nSPS) is 11.4. The molecule has 0 aliphatic rings. The molecule has 0 saturated carbocycles. The number of rotatable bonds is 6. The van der Waals surface area contributed by atoms with Crippen LogP contribution in [0.5, 0.6) is 0 Å². The maximum Gasteiger partial charge on any atom is 0.253 e. The van der Waals surface area contributed by atoms with Crippen molar-refractivity contribution >= 4 is 17.4 Å². The van der Waals surface area contributed by atoms with Gasteiger partial charge in [-0.1, -0.05) is 66.2 Å². The molecule has 4 nitrogen and oxygen atoms in total. The lowest BCUT2D eigenvalue weighted by molar-refractivity contribution is 0.0869. The molecule has 26 heavy (non-hydrogen) atoms. The van der Waals surface area contributed by atoms with Crippen molar-refractivity contribution in [3.8, 4) is 0 Å². The first-order valence-electron chi connectivity index (χ1n) is 8.42. The molecule has 130 valence electrons. The Hall–Kier alpha value is -3.40. The average Bonchev–Trinajstić information content (AvgIpc) is 2.69. The predicted octanol–water partition coefficient (Wildman–Crippen LogP) is 4.05. The third-order valence-corrected chi connectivity index (χ3v) is 3.99. The van der Waals surface area contributed by atoms with E-state index in [4.69, 9.17) is 0 Å². The number of para-hydroxylation sites is 1. The topological polar surface area (TPSA) is 58.2 Å². The Balaban J connectivity index is 1.83. The highest BCUT2D eigenvalue weighted by atomic mass is 16.2. The van der Waals surface area contributed by atoms with E-state index < -0.39 is 6.17 Å². The predicted molar refractivity (Wildman–Crippen MR) is 103 cm³/mol. The molecule has 3 rings (SSSR count). The summed E-state index contributed by atoms with van der Waals surface area (Å²) in [5.74, 6) is -0.502. The van der Waals surface area contributed by atoms with Crippen LogP contribution in [0, 0.1) is 6.92 Å². The Morgan fingerprint density at radius 2 is 1.31 bits per heavy atom. The molecule has 0 aliphatic heterocycles. The Morgan fingerprint density at radius 1 is 0.731 bits per heavy atom. The second-order valence-corrected chi connectivity index (χ2v) is 6.01. The van der Waals surface area contributed by atoms with Crippen LogP contribution in [0.4, 0.5) is 5.69 Å². The van der Waals surface area contributed by atoms with E-state index in [1.807, 2.05) is 55.5 Å². The Kier molecular flexibility index (Phi) is 5.44. The van der Waals surface area contributed by atoms with Crippen molar-refractivity contribution in [1.82, 2.24) is 5.32 Å². The average molecular weight is 344 g/mol. The lowest BCUT2D eigenvalue weighted by Gasteiger charge is -2.20. The van der Waals surface area contributed by atoms with Crippen molar-refractivity contribution in [3.05, 3.63) is 102 Å². The molecule has 3 aromatic rings. The zero-order valence-electron chi connectivity index (χ0n) is 14.5. The summed E-state index contributed by atoms with van der Waals surface area (Å²) in [4.78, 5) is 25.5. The van der Waals surface area contributed by atoms with Gasteiger partial charge in [-0.3, -0.25) is 9.59 Å². The molecule has 0 aromatic heterocycles. The van der Waals surface area contributed by atoms with Crippen LogP contribution in [-0.4, -0.2) is 17.9 Å². The molecule has 0 radical (unpaired) electrons. The van der Waals surface area contributed by atoms with Gasteiger partial charge < -0.3 is 10.6 Å². The summed E-state index contributed by atoms with van der Waals surface area (Å²) in [5.41, 5.74) is 2.87. The van der Waals surface area contributed by atoms with Crippen LogP contribution in [-0.2, 0) is 0 Å². The smallest absolute Gasteiger partial charge is 0.253 e. The fourth-order valence-corrected chi connectivity index (χ4v) is 2.56. The summed E-state index contributed by atoms with van der Waals surface area (Å²) >= 11 is 0. The van der Waals surface area contributed by atoms with Crippen LogP contribution in [0.3, 0.4) is 0 Å². The zero-order chi connectivity index (χ0) is 18.4. The number of aryl methyl sites for hydroxylation is 1. The molecule has 1 amide bonds. The van der Waals surface area contributed by atoms with E-state index in [1.165, 1.54) is 0 Å². The summed E-state index contributed by atoms with van der Waals surface area (Å²) in [6.07, 6.45) is -0.867. The molecule has 0 aliphatic carbocycles. The molecule has 3 aromatic carbocycles. The number of carbonyl (C=O) groups excluding carboxylic acids is 2. The van der Waals surface area contributed by atoms with E-state index in [0.717, 1.165) is 11.3 Å². The number of benzene rings is 3. The number of anilines is 1. The van der Waals surface area contributed by atoms with Gasteiger partial charge >= 0.3 is 0 Å². The minimum Gasteiger partial charge on any atom is -0.359 e. The quantitative estimate of drug-likeness (QED) is 0.524. The van der Waals surface area contributed by atoms with E-state index in [1.54, 1.807) is 36.4 Å². The monoisotopic (exact) mass is 344 g/mol. The van der Waals surface area contributed by atoms with E-state index in [9.17, 15) is 9.59 Å². The molecular formula is C22H20N2O2. The first-order valence-corrected chi connectivity index (χ1v) is 8.42. The van der Waals surface area contributed by atoms with Gasteiger partial charge in [0, 0.05) is 16.8 Å². The van der Waals surface area contributed by atoms with E-state index in [0.29, 0.717) is 11.1 Å². The van der Waals surface area contributed by atoms with Crippen molar-refractivity contribution < 1.29 is 9.59 Å². The van der Waals surface area contributed by atoms with Crippen molar-refractivity contribution in [2.24, 2.45) is 0 Å². The van der Waals surface area contributed by atoms with Gasteiger partial charge in [0.1, 0.15) is 0 Å². The van der Waals surface area contributed by atoms with E-state index in [2.05, 4.69) is 10.6 Å². The molecular weight excluding hydrogens is 324 g/mol. The minimum atomic E-state index is -0.867. The van der Waals surface area contributed by atoms with Crippen molar-refractivity contribution in [2.45, 2.75) is 13.1 Å². The van der Waals surface area contributed by atoms with Crippen LogP contribution in [0.1, 0.15) is 26.3 Å². The maximum atomic E-state index is 12.9. The van der Waals surface area contributed by atoms with Crippen molar-refractivity contribution in [1.29, 1.82) is 0 Å². The Bertz CT molecular complexity index is 875. The third-order valence-electron chi connectivity index (χ3n) is 3.99. The van der Waals surface area contributed by atoms with Gasteiger partial charge in [-0.05, 0) is 31.2 Å². The summed E-state index contributed by atoms with van der Waals surface area (Å²) in [6, 6.07) is 25.5. The number of hydrogen-bond donors (Lipinski definition) is 2. The summed E-state index contributed by atoms with van der Waals surface area (Å²) < 4.78 is 0. The van der Waals surface area contributed by atoms with Gasteiger partial charge in [0.2, 0.25) is 5.78 Å². The van der Waals surface area contributed by atoms with Gasteiger partial charge in [-0.2, -0.15) is 0 Å². The fourth-order valence-electron chi connectivity index (χ4n) is 2.56. The first-order chi connectivity index (χ1) is 12.6. The SMILES string of the molecule is Cc1ccc(C(=O)N[C@H](Nc2ccccc2)C(=O)c2ccccc2)cc1. The number of hydrogen-bond acceptors (Lipinski definition) is 3. The zero-order valence-corrected chi connectivity index (χ0v) is 14.5. The lowest BCUT2D eigenvalue weighted by atomic mass is 10.1. The number of amides is 1. The van der Waals surface area contributed by atoms with E-state index >= 15 is 0 Å². The Morgan fingerprint density at radius 3 is 1.92 bits per heavy atom. The highest BCUT2D eigenvalue weighted by molar-refractivity contribution is 6.05. The molecule has 0 saturated heterocycles. The van der Waals surface area contributed by atoms with Crippen molar-refractivity contribution in [2.75, 3.05) is 5.32 Å². The van der Waals surface area contributed by atoms with Gasteiger partial charge in [0.25, 0.3) is 5.91 Å². The molecule has 4 heteroatoms. The van der Waals surface area contributed by atoms with E-state index in [-0.39, 0.29) is 11.7 Å². The molecule has 0 unspecified atom stereocenters. The largest absolute Gasteiger partial charge is 0.359 e. The lowest BCUT2D eigenvalue weighted by Crippen LogP contribution is -2.46. The summed E-state index contributed by atoms with van der Waals surface area (Å²) in [7, 11) is 0. The number of carbonyl (C=O) groups is 2. The van der Waals surface area contributed by atoms with Gasteiger partial charge in [0.15, 0.2) is 6.17 Å². The summed E-state index contributed by atoms with van der Waals surface area (Å²) in [6.45, 7) is 1.96. The molecule has 0 fully saturated rings. The van der Waals surface area contributed by atoms with Gasteiger partial charge in [-0.25, -0.2) is 0 Å². The molecule has 0 spiro atoms. The van der Waals surface area contributed by atoms with Crippen LogP contribution in [0.25, 0.3) is 0 Å². The molecule has 0 heterocycles. The standard InChI is InChI=1S/C22H20N2O2/c1-16-12-14-18(15-13-16)22(26)24-21(23-19-10-6-3-7-11-19)20(25)17-8-4-2-5-9-17/h2-15,21,23H,1H3,(H,24,26)/t21-/m0/s1. The second kappa shape index (κ2) is 8.12. The molecule has 1 atom stereocenters. The van der Waals surface area contributed by atoms with Crippen molar-refractivity contribution in [3.63, 3.8) is 0 Å². The van der Waals surface area contributed by atoms with Crippen LogP contribution in [0.2, 0.25) is 0 Å². The van der Waals surface area contributed by atoms with Gasteiger partial charge in [-0.15, -0.1) is 0 Å². The summed E-state index contributed by atoms with van der Waals surface area (Å²) in [5, 5.41) is 5.91. The minimum absolute atomic E-state index is 0.199. The highest BCUT2D eigenvalue weighted by Crippen LogP contribution is 2.11. The highest BCUT2D eigenvalue weighted by Gasteiger charge is 2.22. The second-order valence-electron chi connectivity index (χ2n) is 6.01. The van der Waals surface area contributed by atoms with Crippen LogP contribution < -0.4 is 10.6 Å². The van der Waals surface area contributed by atoms with Crippen LogP contribution >= 0.6 is 0 Å². The first kappa shape index (κ1) is 17.4. The number of nitrogens with one attached hydrogen (secondary N) is 2. The maximum absolute atomic E-state index is 12.9. The fraction of sp³-hybridized carbons (Fsp3) is 0.0909. The Labute approximate surface area is 152 Å².